The Kier molecular flexibility index (Phi) is 3.83. The number of aromatic amines is 1. The molecule has 14 heavy (non-hydrogen) atoms. The SMILES string of the molecule is CCc1n[nH]c(=S)n1CC(C)N(C)C. The van der Waals surface area contributed by atoms with Crippen LogP contribution in [0.15, 0.2) is 0 Å². The molecule has 1 rings (SSSR count). The van der Waals surface area contributed by atoms with Gasteiger partial charge in [0.15, 0.2) is 4.77 Å². The van der Waals surface area contributed by atoms with E-state index in [0.29, 0.717) is 6.04 Å². The van der Waals surface area contributed by atoms with Gasteiger partial charge < -0.3 is 9.47 Å². The van der Waals surface area contributed by atoms with Gasteiger partial charge in [0.25, 0.3) is 0 Å². The van der Waals surface area contributed by atoms with Crippen LogP contribution in [0.4, 0.5) is 0 Å². The molecular weight excluding hydrogens is 196 g/mol. The Morgan fingerprint density at radius 2 is 2.21 bits per heavy atom. The predicted molar refractivity (Wildman–Crippen MR) is 59.9 cm³/mol. The number of hydrogen-bond acceptors (Lipinski definition) is 3. The van der Waals surface area contributed by atoms with E-state index in [9.17, 15) is 0 Å². The molecule has 0 aliphatic heterocycles. The molecule has 5 heteroatoms. The second-order valence-electron chi connectivity index (χ2n) is 3.72. The number of hydrogen-bond donors (Lipinski definition) is 1. The van der Waals surface area contributed by atoms with Gasteiger partial charge in [0.2, 0.25) is 0 Å². The monoisotopic (exact) mass is 214 g/mol. The van der Waals surface area contributed by atoms with E-state index in [0.717, 1.165) is 23.6 Å². The van der Waals surface area contributed by atoms with Crippen LogP contribution in [0.3, 0.4) is 0 Å². The summed E-state index contributed by atoms with van der Waals surface area (Å²) in [5, 5.41) is 7.00. The smallest absolute Gasteiger partial charge is 0.195 e. The average Bonchev–Trinajstić information content (AvgIpc) is 2.47. The maximum absolute atomic E-state index is 5.17. The fourth-order valence-electron chi connectivity index (χ4n) is 1.24. The first-order valence-corrected chi connectivity index (χ1v) is 5.27. The van der Waals surface area contributed by atoms with Gasteiger partial charge in [-0.15, -0.1) is 0 Å². The van der Waals surface area contributed by atoms with Crippen molar-refractivity contribution in [3.63, 3.8) is 0 Å². The summed E-state index contributed by atoms with van der Waals surface area (Å²) < 4.78 is 2.79. The van der Waals surface area contributed by atoms with Crippen molar-refractivity contribution in [3.8, 4) is 0 Å². The third kappa shape index (κ3) is 2.42. The Morgan fingerprint density at radius 3 is 2.71 bits per heavy atom. The molecule has 0 aromatic carbocycles. The molecule has 1 N–H and O–H groups in total. The number of nitrogens with zero attached hydrogens (tertiary/aromatic N) is 3. The van der Waals surface area contributed by atoms with Crippen LogP contribution in [-0.2, 0) is 13.0 Å². The molecule has 0 radical (unpaired) electrons. The van der Waals surface area contributed by atoms with Crippen molar-refractivity contribution in [2.75, 3.05) is 14.1 Å². The molecule has 0 aliphatic carbocycles. The normalized spacial score (nSPS) is 13.5. The summed E-state index contributed by atoms with van der Waals surface area (Å²) in [6, 6.07) is 0.463. The molecule has 1 aromatic rings. The predicted octanol–water partition coefficient (Wildman–Crippen LogP) is 1.45. The van der Waals surface area contributed by atoms with Crippen molar-refractivity contribution in [2.24, 2.45) is 0 Å². The van der Waals surface area contributed by atoms with E-state index in [1.807, 2.05) is 0 Å². The van der Waals surface area contributed by atoms with Gasteiger partial charge >= 0.3 is 0 Å². The second kappa shape index (κ2) is 4.70. The van der Waals surface area contributed by atoms with Crippen molar-refractivity contribution in [3.05, 3.63) is 10.6 Å². The average molecular weight is 214 g/mol. The molecule has 0 spiro atoms. The lowest BCUT2D eigenvalue weighted by Crippen LogP contribution is -2.29. The molecular formula is C9H18N4S. The zero-order valence-corrected chi connectivity index (χ0v) is 10.1. The molecule has 0 aliphatic rings. The number of nitrogens with one attached hydrogen (secondary N) is 1. The summed E-state index contributed by atoms with van der Waals surface area (Å²) in [4.78, 5) is 2.17. The maximum atomic E-state index is 5.17. The van der Waals surface area contributed by atoms with E-state index in [1.165, 1.54) is 0 Å². The van der Waals surface area contributed by atoms with Crippen LogP contribution in [0, 0.1) is 4.77 Å². The van der Waals surface area contributed by atoms with E-state index in [4.69, 9.17) is 12.2 Å². The maximum Gasteiger partial charge on any atom is 0.195 e. The van der Waals surface area contributed by atoms with E-state index >= 15 is 0 Å². The van der Waals surface area contributed by atoms with Gasteiger partial charge in [-0.05, 0) is 33.2 Å². The zero-order chi connectivity index (χ0) is 10.7. The van der Waals surface area contributed by atoms with E-state index in [2.05, 4.69) is 47.6 Å². The van der Waals surface area contributed by atoms with Gasteiger partial charge in [-0.1, -0.05) is 6.92 Å². The summed E-state index contributed by atoms with van der Waals surface area (Å²) in [5.74, 6) is 1.03. The minimum Gasteiger partial charge on any atom is -0.305 e. The van der Waals surface area contributed by atoms with E-state index in [1.54, 1.807) is 0 Å². The van der Waals surface area contributed by atoms with Gasteiger partial charge in [0, 0.05) is 19.0 Å². The third-order valence-electron chi connectivity index (χ3n) is 2.48. The second-order valence-corrected chi connectivity index (χ2v) is 4.11. The minimum absolute atomic E-state index is 0.463. The first-order chi connectivity index (χ1) is 6.56. The molecule has 0 bridgehead atoms. The molecule has 0 fully saturated rings. The van der Waals surface area contributed by atoms with Crippen LogP contribution in [0.5, 0.6) is 0 Å². The van der Waals surface area contributed by atoms with Gasteiger partial charge in [-0.2, -0.15) is 5.10 Å². The standard InChI is InChI=1S/C9H18N4S/c1-5-8-10-11-9(14)13(8)6-7(2)12(3)4/h7H,5-6H2,1-4H3,(H,11,14). The van der Waals surface area contributed by atoms with Gasteiger partial charge in [-0.25, -0.2) is 0 Å². The Bertz CT molecular complexity index is 339. The Morgan fingerprint density at radius 1 is 1.57 bits per heavy atom. The van der Waals surface area contributed by atoms with Gasteiger partial charge in [0.1, 0.15) is 5.82 Å². The summed E-state index contributed by atoms with van der Waals surface area (Å²) >= 11 is 5.17. The first-order valence-electron chi connectivity index (χ1n) is 4.86. The Labute approximate surface area is 89.9 Å². The molecule has 0 amide bonds. The van der Waals surface area contributed by atoms with Crippen molar-refractivity contribution < 1.29 is 0 Å². The lowest BCUT2D eigenvalue weighted by Gasteiger charge is -2.20. The molecule has 1 heterocycles. The van der Waals surface area contributed by atoms with Crippen molar-refractivity contribution >= 4 is 12.2 Å². The topological polar surface area (TPSA) is 36.9 Å². The summed E-state index contributed by atoms with van der Waals surface area (Å²) in [7, 11) is 4.14. The number of likely N-dealkylation sites (N-methyl/N-ethyl adjacent to an activating group) is 1. The highest BCUT2D eigenvalue weighted by molar-refractivity contribution is 7.71. The minimum atomic E-state index is 0.463. The highest BCUT2D eigenvalue weighted by Crippen LogP contribution is 2.03. The summed E-state index contributed by atoms with van der Waals surface area (Å²) in [6.07, 6.45) is 0.910. The van der Waals surface area contributed by atoms with Crippen LogP contribution in [-0.4, -0.2) is 39.8 Å². The molecule has 0 saturated heterocycles. The highest BCUT2D eigenvalue weighted by atomic mass is 32.1. The van der Waals surface area contributed by atoms with Crippen LogP contribution in [0.2, 0.25) is 0 Å². The lowest BCUT2D eigenvalue weighted by molar-refractivity contribution is 0.280. The van der Waals surface area contributed by atoms with Crippen molar-refractivity contribution in [1.29, 1.82) is 0 Å². The zero-order valence-electron chi connectivity index (χ0n) is 9.24. The molecule has 1 unspecified atom stereocenters. The van der Waals surface area contributed by atoms with Crippen molar-refractivity contribution in [2.45, 2.75) is 32.9 Å². The fraction of sp³-hybridized carbons (Fsp3) is 0.778. The molecule has 80 valence electrons. The van der Waals surface area contributed by atoms with E-state index < -0.39 is 0 Å². The largest absolute Gasteiger partial charge is 0.305 e. The number of H-pyrrole nitrogens is 1. The first kappa shape index (κ1) is 11.4. The number of rotatable bonds is 4. The van der Waals surface area contributed by atoms with Crippen LogP contribution < -0.4 is 0 Å². The fourth-order valence-corrected chi connectivity index (χ4v) is 1.46. The summed E-state index contributed by atoms with van der Waals surface area (Å²) in [5.41, 5.74) is 0. The third-order valence-corrected chi connectivity index (χ3v) is 2.79. The van der Waals surface area contributed by atoms with E-state index in [-0.39, 0.29) is 0 Å². The van der Waals surface area contributed by atoms with Crippen LogP contribution >= 0.6 is 12.2 Å². The molecule has 0 saturated carbocycles. The number of aryl methyl sites for hydroxylation is 1. The van der Waals surface area contributed by atoms with Crippen LogP contribution in [0.25, 0.3) is 0 Å². The molecule has 1 atom stereocenters. The lowest BCUT2D eigenvalue weighted by atomic mass is 10.3. The number of aromatic nitrogens is 3. The molecule has 4 nitrogen and oxygen atoms in total. The Hall–Kier alpha value is -0.680. The molecule has 1 aromatic heterocycles. The summed E-state index contributed by atoms with van der Waals surface area (Å²) in [6.45, 7) is 5.15. The van der Waals surface area contributed by atoms with Crippen LogP contribution in [0.1, 0.15) is 19.7 Å². The quantitative estimate of drug-likeness (QED) is 0.771. The Balaban J connectivity index is 2.84. The van der Waals surface area contributed by atoms with Gasteiger partial charge in [0.05, 0.1) is 0 Å². The highest BCUT2D eigenvalue weighted by Gasteiger charge is 2.09. The van der Waals surface area contributed by atoms with Gasteiger partial charge in [-0.3, -0.25) is 5.10 Å². The van der Waals surface area contributed by atoms with Crippen molar-refractivity contribution in [1.82, 2.24) is 19.7 Å².